The monoisotopic (exact) mass is 741 g/mol. The first-order chi connectivity index (χ1) is 25.6. The lowest BCUT2D eigenvalue weighted by molar-refractivity contribution is 0.0295. The van der Waals surface area contributed by atoms with Gasteiger partial charge in [-0.2, -0.15) is 0 Å². The highest BCUT2D eigenvalue weighted by Gasteiger charge is 2.40. The van der Waals surface area contributed by atoms with Crippen LogP contribution in [0.15, 0.2) is 83.4 Å². The lowest BCUT2D eigenvalue weighted by atomic mass is 9.74. The van der Waals surface area contributed by atoms with Crippen LogP contribution in [-0.2, 0) is 12.8 Å². The van der Waals surface area contributed by atoms with E-state index in [1.54, 1.807) is 13.0 Å². The van der Waals surface area contributed by atoms with Crippen LogP contribution in [0.25, 0.3) is 11.3 Å². The standard InChI is InChI=1S/C26H29ClFN3O2.C18H28N2/c1-17-23(24(30-33-17)21-6-4-5-7-22(21)27)25(32)29-20-12-14-26(15-13-20,31(2)3)16-18-8-10-19(28)11-9-18;19-17-9-11-18(12-10-17,20-13-5-2-6-14-20)15-16-7-3-1-4-8-16/h4-11,20H,12-16H2,1-3H3,(H,29,32);1,3-4,7-8,17H,2,5-6,9-15,19H2. The van der Waals surface area contributed by atoms with E-state index >= 15 is 0 Å². The molecule has 4 aromatic rings. The summed E-state index contributed by atoms with van der Waals surface area (Å²) in [5, 5.41) is 7.82. The Kier molecular flexibility index (Phi) is 13.1. The van der Waals surface area contributed by atoms with Crippen LogP contribution in [0.2, 0.25) is 5.02 Å². The van der Waals surface area contributed by atoms with Gasteiger partial charge in [-0.15, -0.1) is 0 Å². The van der Waals surface area contributed by atoms with Crippen molar-refractivity contribution >= 4 is 17.5 Å². The molecule has 3 N–H and O–H groups in total. The van der Waals surface area contributed by atoms with Crippen LogP contribution in [0, 0.1) is 12.7 Å². The molecule has 7 nitrogen and oxygen atoms in total. The summed E-state index contributed by atoms with van der Waals surface area (Å²) in [5.41, 5.74) is 10.7. The molecular weight excluding hydrogens is 685 g/mol. The van der Waals surface area contributed by atoms with Crippen molar-refractivity contribution in [3.8, 4) is 11.3 Å². The molecule has 0 spiro atoms. The molecule has 2 heterocycles. The van der Waals surface area contributed by atoms with Crippen LogP contribution in [-0.4, -0.2) is 71.2 Å². The summed E-state index contributed by atoms with van der Waals surface area (Å²) < 4.78 is 18.7. The summed E-state index contributed by atoms with van der Waals surface area (Å²) >= 11 is 6.33. The molecule has 1 aromatic heterocycles. The number of nitrogens with zero attached hydrogens (tertiary/aromatic N) is 3. The molecular formula is C44H57ClFN5O2. The second-order valence-corrected chi connectivity index (χ2v) is 16.3. The van der Waals surface area contributed by atoms with Crippen molar-refractivity contribution in [1.82, 2.24) is 20.3 Å². The fourth-order valence-corrected chi connectivity index (χ4v) is 9.15. The molecule has 1 aliphatic heterocycles. The van der Waals surface area contributed by atoms with Gasteiger partial charge in [-0.1, -0.05) is 83.8 Å². The SMILES string of the molecule is Cc1onc(-c2ccccc2Cl)c1C(=O)NC1CCC(Cc2ccc(F)cc2)(N(C)C)CC1.NC1CCC(Cc2ccccc2)(N2CCCCC2)CC1. The van der Waals surface area contributed by atoms with E-state index in [9.17, 15) is 9.18 Å². The second-order valence-electron chi connectivity index (χ2n) is 15.9. The molecule has 0 radical (unpaired) electrons. The third kappa shape index (κ3) is 9.58. The Bertz CT molecular complexity index is 1760. The number of hydrogen-bond donors (Lipinski definition) is 2. The number of hydrogen-bond acceptors (Lipinski definition) is 6. The predicted molar refractivity (Wildman–Crippen MR) is 213 cm³/mol. The van der Waals surface area contributed by atoms with Gasteiger partial charge in [0, 0.05) is 28.7 Å². The summed E-state index contributed by atoms with van der Waals surface area (Å²) in [6, 6.07) is 25.6. The molecule has 53 heavy (non-hydrogen) atoms. The number of nitrogens with one attached hydrogen (secondary N) is 1. The summed E-state index contributed by atoms with van der Waals surface area (Å²) in [6.45, 7) is 4.33. The molecule has 1 amide bonds. The fourth-order valence-electron chi connectivity index (χ4n) is 8.92. The van der Waals surface area contributed by atoms with Crippen LogP contribution in [0.5, 0.6) is 0 Å². The summed E-state index contributed by atoms with van der Waals surface area (Å²) in [7, 11) is 4.19. The number of benzene rings is 3. The zero-order chi connectivity index (χ0) is 37.4. The molecule has 0 unspecified atom stereocenters. The van der Waals surface area contributed by atoms with Crippen LogP contribution in [0.3, 0.4) is 0 Å². The zero-order valence-electron chi connectivity index (χ0n) is 31.8. The van der Waals surface area contributed by atoms with Crippen molar-refractivity contribution < 1.29 is 13.7 Å². The van der Waals surface area contributed by atoms with Crippen molar-refractivity contribution in [1.29, 1.82) is 0 Å². The summed E-state index contributed by atoms with van der Waals surface area (Å²) in [4.78, 5) is 18.3. The number of halogens is 2. The van der Waals surface area contributed by atoms with Gasteiger partial charge in [-0.3, -0.25) is 9.69 Å². The van der Waals surface area contributed by atoms with Gasteiger partial charge in [-0.05, 0) is 140 Å². The highest BCUT2D eigenvalue weighted by Crippen LogP contribution is 2.39. The average Bonchev–Trinajstić information content (AvgIpc) is 3.56. The number of carbonyl (C=O) groups is 1. The van der Waals surface area contributed by atoms with Gasteiger partial charge in [0.2, 0.25) is 0 Å². The molecule has 1 saturated heterocycles. The van der Waals surface area contributed by atoms with Crippen LogP contribution >= 0.6 is 11.6 Å². The third-order valence-corrected chi connectivity index (χ3v) is 12.6. The van der Waals surface area contributed by atoms with Gasteiger partial charge in [0.15, 0.2) is 0 Å². The van der Waals surface area contributed by atoms with Gasteiger partial charge >= 0.3 is 0 Å². The number of likely N-dealkylation sites (tertiary alicyclic amines) is 1. The molecule has 284 valence electrons. The van der Waals surface area contributed by atoms with Gasteiger partial charge in [0.25, 0.3) is 5.91 Å². The second kappa shape index (κ2) is 17.7. The number of amides is 1. The Hall–Kier alpha value is -3.56. The molecule has 7 rings (SSSR count). The lowest BCUT2D eigenvalue weighted by Crippen LogP contribution is -2.55. The van der Waals surface area contributed by atoms with Gasteiger partial charge < -0.3 is 20.5 Å². The smallest absolute Gasteiger partial charge is 0.257 e. The van der Waals surface area contributed by atoms with E-state index in [0.717, 1.165) is 37.7 Å². The Morgan fingerprint density at radius 2 is 1.51 bits per heavy atom. The van der Waals surface area contributed by atoms with Crippen LogP contribution < -0.4 is 11.1 Å². The highest BCUT2D eigenvalue weighted by molar-refractivity contribution is 6.33. The Labute approximate surface area is 320 Å². The Morgan fingerprint density at radius 1 is 0.887 bits per heavy atom. The zero-order valence-corrected chi connectivity index (χ0v) is 32.5. The maximum atomic E-state index is 13.3. The van der Waals surface area contributed by atoms with E-state index in [1.807, 2.05) is 30.3 Å². The van der Waals surface area contributed by atoms with Crippen molar-refractivity contribution in [2.75, 3.05) is 27.2 Å². The maximum Gasteiger partial charge on any atom is 0.257 e. The van der Waals surface area contributed by atoms with E-state index in [-0.39, 0.29) is 23.3 Å². The van der Waals surface area contributed by atoms with Crippen molar-refractivity contribution in [3.05, 3.63) is 112 Å². The first kappa shape index (κ1) is 39.1. The number of piperidine rings is 1. The normalized spacial score (nSPS) is 25.0. The maximum absolute atomic E-state index is 13.3. The van der Waals surface area contributed by atoms with Crippen molar-refractivity contribution in [2.24, 2.45) is 5.73 Å². The van der Waals surface area contributed by atoms with E-state index in [4.69, 9.17) is 21.9 Å². The molecule has 3 aromatic carbocycles. The van der Waals surface area contributed by atoms with Gasteiger partial charge in [-0.25, -0.2) is 4.39 Å². The number of rotatable bonds is 9. The number of nitrogens with two attached hydrogens (primary N) is 1. The van der Waals surface area contributed by atoms with E-state index in [1.165, 1.54) is 82.2 Å². The fraction of sp³-hybridized carbons (Fsp3) is 0.500. The van der Waals surface area contributed by atoms with E-state index < -0.39 is 0 Å². The molecule has 2 saturated carbocycles. The first-order valence-corrected chi connectivity index (χ1v) is 19.9. The number of aryl methyl sites for hydroxylation is 1. The molecule has 0 bridgehead atoms. The molecule has 0 atom stereocenters. The minimum Gasteiger partial charge on any atom is -0.360 e. The largest absolute Gasteiger partial charge is 0.360 e. The minimum atomic E-state index is -0.218. The van der Waals surface area contributed by atoms with Gasteiger partial charge in [0.05, 0.1) is 5.02 Å². The van der Waals surface area contributed by atoms with Crippen molar-refractivity contribution in [3.63, 3.8) is 0 Å². The Morgan fingerprint density at radius 3 is 2.15 bits per heavy atom. The lowest BCUT2D eigenvalue weighted by Gasteiger charge is -2.49. The average molecular weight is 742 g/mol. The molecule has 9 heteroatoms. The first-order valence-electron chi connectivity index (χ1n) is 19.6. The van der Waals surface area contributed by atoms with Gasteiger partial charge in [0.1, 0.15) is 22.8 Å². The minimum absolute atomic E-state index is 0.0190. The predicted octanol–water partition coefficient (Wildman–Crippen LogP) is 9.01. The summed E-state index contributed by atoms with van der Waals surface area (Å²) in [6.07, 6.45) is 14.8. The summed E-state index contributed by atoms with van der Waals surface area (Å²) in [5.74, 6) is 0.0611. The molecule has 3 aliphatic rings. The van der Waals surface area contributed by atoms with E-state index in [2.05, 4.69) is 64.7 Å². The quantitative estimate of drug-likeness (QED) is 0.178. The van der Waals surface area contributed by atoms with Crippen LogP contribution in [0.4, 0.5) is 4.39 Å². The third-order valence-electron chi connectivity index (χ3n) is 12.2. The molecule has 2 aliphatic carbocycles. The van der Waals surface area contributed by atoms with E-state index in [0.29, 0.717) is 39.2 Å². The Balaban J connectivity index is 0.000000204. The topological polar surface area (TPSA) is 87.6 Å². The highest BCUT2D eigenvalue weighted by atomic mass is 35.5. The molecule has 3 fully saturated rings. The number of aromatic nitrogens is 1. The van der Waals surface area contributed by atoms with Crippen LogP contribution in [0.1, 0.15) is 97.9 Å². The number of carbonyl (C=O) groups excluding carboxylic acids is 1. The number of likely N-dealkylation sites (N-methyl/N-ethyl adjacent to an activating group) is 1. The van der Waals surface area contributed by atoms with Crippen molar-refractivity contribution in [2.45, 2.75) is 114 Å².